The molecule has 0 aliphatic rings. The number of fused-ring (bicyclic) bond motifs is 11. The van der Waals surface area contributed by atoms with Crippen LogP contribution in [-0.2, 0) is 0 Å². The van der Waals surface area contributed by atoms with Crippen LogP contribution in [-0.4, -0.2) is 14.5 Å². The van der Waals surface area contributed by atoms with E-state index in [1.807, 2.05) is 47.7 Å². The summed E-state index contributed by atoms with van der Waals surface area (Å²) in [7, 11) is 0. The number of hydrogen-bond acceptors (Lipinski definition) is 4. The number of benzene rings is 8. The van der Waals surface area contributed by atoms with Crippen LogP contribution in [0, 0.1) is 0 Å². The van der Waals surface area contributed by atoms with E-state index < -0.39 is 0 Å². The zero-order chi connectivity index (χ0) is 36.0. The van der Waals surface area contributed by atoms with E-state index in [-0.39, 0.29) is 0 Å². The van der Waals surface area contributed by atoms with Gasteiger partial charge in [0, 0.05) is 52.8 Å². The van der Waals surface area contributed by atoms with Gasteiger partial charge >= 0.3 is 0 Å². The van der Waals surface area contributed by atoms with E-state index in [2.05, 4.69) is 144 Å². The highest BCUT2D eigenvalue weighted by atomic mass is 32.1. The highest BCUT2D eigenvalue weighted by molar-refractivity contribution is 7.26. The molecule has 0 spiro atoms. The predicted molar refractivity (Wildman–Crippen MR) is 230 cm³/mol. The standard InChI is InChI=1S/C50H29N3OS/c1-3-14-31(15-4-1)46-45-39-29-33(24-28-42(39)54-50(45)52-49(51-46)32-16-5-2-6-17-32)35-26-27-41(44-38-20-10-12-22-43(38)55-48(35)44)53-40-21-11-9-19-36(40)37-25-23-30-13-7-8-18-34(30)47(37)53/h1-29H. The maximum Gasteiger partial charge on any atom is 0.231 e. The third-order valence-corrected chi connectivity index (χ3v) is 12.2. The molecule has 0 bridgehead atoms. The molecular weight excluding hydrogens is 691 g/mol. The molecule has 12 aromatic rings. The molecule has 4 heterocycles. The van der Waals surface area contributed by atoms with Gasteiger partial charge in [0.25, 0.3) is 0 Å². The molecule has 5 heteroatoms. The molecule has 0 radical (unpaired) electrons. The fraction of sp³-hybridized carbons (Fsp3) is 0. The molecule has 55 heavy (non-hydrogen) atoms. The van der Waals surface area contributed by atoms with Crippen molar-refractivity contribution in [3.63, 3.8) is 0 Å². The van der Waals surface area contributed by atoms with Gasteiger partial charge in [-0.25, -0.2) is 4.98 Å². The fourth-order valence-corrected chi connectivity index (χ4v) is 9.83. The van der Waals surface area contributed by atoms with Gasteiger partial charge in [0.1, 0.15) is 5.58 Å². The van der Waals surface area contributed by atoms with Crippen LogP contribution in [0.15, 0.2) is 180 Å². The summed E-state index contributed by atoms with van der Waals surface area (Å²) >= 11 is 1.86. The fourth-order valence-electron chi connectivity index (χ4n) is 8.57. The maximum absolute atomic E-state index is 6.54. The minimum absolute atomic E-state index is 0.584. The highest BCUT2D eigenvalue weighted by Gasteiger charge is 2.23. The van der Waals surface area contributed by atoms with Crippen molar-refractivity contribution < 1.29 is 4.42 Å². The number of rotatable bonds is 4. The quantitative estimate of drug-likeness (QED) is 0.182. The van der Waals surface area contributed by atoms with E-state index in [0.29, 0.717) is 11.5 Å². The second kappa shape index (κ2) is 11.7. The monoisotopic (exact) mass is 719 g/mol. The van der Waals surface area contributed by atoms with Gasteiger partial charge in [-0.15, -0.1) is 11.3 Å². The molecule has 12 rings (SSSR count). The van der Waals surface area contributed by atoms with Gasteiger partial charge in [0.2, 0.25) is 5.71 Å². The normalized spacial score (nSPS) is 12.0. The molecule has 0 fully saturated rings. The first-order chi connectivity index (χ1) is 27.3. The number of thiophene rings is 1. The average molecular weight is 720 g/mol. The number of para-hydroxylation sites is 1. The van der Waals surface area contributed by atoms with Crippen LogP contribution in [0.3, 0.4) is 0 Å². The Labute approximate surface area is 319 Å². The smallest absolute Gasteiger partial charge is 0.231 e. The summed E-state index contributed by atoms with van der Waals surface area (Å²) in [4.78, 5) is 10.2. The van der Waals surface area contributed by atoms with E-state index in [1.54, 1.807) is 0 Å². The van der Waals surface area contributed by atoms with E-state index in [1.165, 1.54) is 64.0 Å². The van der Waals surface area contributed by atoms with Gasteiger partial charge in [-0.1, -0.05) is 146 Å². The summed E-state index contributed by atoms with van der Waals surface area (Å²) in [5, 5.41) is 9.43. The van der Waals surface area contributed by atoms with Gasteiger partial charge in [0.15, 0.2) is 5.82 Å². The van der Waals surface area contributed by atoms with Crippen molar-refractivity contribution in [1.29, 1.82) is 0 Å². The molecule has 4 aromatic heterocycles. The Hall–Kier alpha value is -7.08. The molecule has 4 nitrogen and oxygen atoms in total. The molecule has 0 aliphatic heterocycles. The number of aromatic nitrogens is 3. The molecule has 0 atom stereocenters. The second-order valence-corrected chi connectivity index (χ2v) is 15.1. The van der Waals surface area contributed by atoms with Crippen LogP contribution in [0.5, 0.6) is 0 Å². The van der Waals surface area contributed by atoms with Crippen molar-refractivity contribution in [2.75, 3.05) is 0 Å². The van der Waals surface area contributed by atoms with Crippen LogP contribution in [0.25, 0.3) is 114 Å². The van der Waals surface area contributed by atoms with E-state index >= 15 is 0 Å². The molecule has 0 saturated carbocycles. The molecule has 256 valence electrons. The van der Waals surface area contributed by atoms with E-state index in [0.717, 1.165) is 38.7 Å². The maximum atomic E-state index is 6.54. The largest absolute Gasteiger partial charge is 0.438 e. The van der Waals surface area contributed by atoms with Gasteiger partial charge in [0.05, 0.1) is 27.8 Å². The molecule has 0 amide bonds. The lowest BCUT2D eigenvalue weighted by atomic mass is 9.98. The summed E-state index contributed by atoms with van der Waals surface area (Å²) in [6, 6.07) is 62.5. The van der Waals surface area contributed by atoms with Crippen LogP contribution >= 0.6 is 11.3 Å². The predicted octanol–water partition coefficient (Wildman–Crippen LogP) is 14.0. The lowest BCUT2D eigenvalue weighted by molar-refractivity contribution is 0.653. The molecule has 0 aliphatic carbocycles. The van der Waals surface area contributed by atoms with Crippen LogP contribution < -0.4 is 0 Å². The second-order valence-electron chi connectivity index (χ2n) is 14.1. The van der Waals surface area contributed by atoms with Crippen molar-refractivity contribution in [2.24, 2.45) is 0 Å². The Morgan fingerprint density at radius 3 is 2.07 bits per heavy atom. The summed E-state index contributed by atoms with van der Waals surface area (Å²) in [6.45, 7) is 0. The third kappa shape index (κ3) is 4.51. The lowest BCUT2D eigenvalue weighted by Gasteiger charge is -2.14. The SMILES string of the molecule is c1ccc(-c2nc(-c3ccccc3)c3c(n2)oc2ccc(-c4ccc(-n5c6ccccc6c6ccc7ccccc7c65)c5c4sc4ccccc45)cc23)cc1. The minimum Gasteiger partial charge on any atom is -0.438 e. The van der Waals surface area contributed by atoms with Gasteiger partial charge in [-0.05, 0) is 46.8 Å². The Morgan fingerprint density at radius 2 is 1.22 bits per heavy atom. The van der Waals surface area contributed by atoms with Crippen molar-refractivity contribution in [2.45, 2.75) is 0 Å². The van der Waals surface area contributed by atoms with Crippen LogP contribution in [0.1, 0.15) is 0 Å². The first kappa shape index (κ1) is 30.4. The van der Waals surface area contributed by atoms with Crippen LogP contribution in [0.4, 0.5) is 0 Å². The van der Waals surface area contributed by atoms with Gasteiger partial charge in [-0.2, -0.15) is 4.98 Å². The highest BCUT2D eigenvalue weighted by Crippen LogP contribution is 2.47. The zero-order valence-corrected chi connectivity index (χ0v) is 30.2. The molecule has 0 saturated heterocycles. The first-order valence-electron chi connectivity index (χ1n) is 18.5. The topological polar surface area (TPSA) is 43.9 Å². The third-order valence-electron chi connectivity index (χ3n) is 11.0. The van der Waals surface area contributed by atoms with Gasteiger partial charge in [-0.3, -0.25) is 0 Å². The Bertz CT molecular complexity index is 3490. The lowest BCUT2D eigenvalue weighted by Crippen LogP contribution is -1.96. The minimum atomic E-state index is 0.584. The van der Waals surface area contributed by atoms with Crippen molar-refractivity contribution >= 4 is 86.2 Å². The Balaban J connectivity index is 1.14. The number of furan rings is 1. The Kier molecular flexibility index (Phi) is 6.47. The number of hydrogen-bond donors (Lipinski definition) is 0. The van der Waals surface area contributed by atoms with Crippen molar-refractivity contribution in [1.82, 2.24) is 14.5 Å². The first-order valence-corrected chi connectivity index (χ1v) is 19.3. The van der Waals surface area contributed by atoms with Gasteiger partial charge < -0.3 is 8.98 Å². The summed E-state index contributed by atoms with van der Waals surface area (Å²) in [5.74, 6) is 0.645. The molecular formula is C50H29N3OS. The number of nitrogens with zero attached hydrogens (tertiary/aromatic N) is 3. The van der Waals surface area contributed by atoms with Crippen molar-refractivity contribution in [3.05, 3.63) is 176 Å². The summed E-state index contributed by atoms with van der Waals surface area (Å²) in [6.07, 6.45) is 0. The molecule has 0 unspecified atom stereocenters. The van der Waals surface area contributed by atoms with E-state index in [9.17, 15) is 0 Å². The van der Waals surface area contributed by atoms with Crippen LogP contribution in [0.2, 0.25) is 0 Å². The summed E-state index contributed by atoms with van der Waals surface area (Å²) < 4.78 is 11.6. The molecule has 0 N–H and O–H groups in total. The van der Waals surface area contributed by atoms with Crippen molar-refractivity contribution in [3.8, 4) is 39.5 Å². The zero-order valence-electron chi connectivity index (χ0n) is 29.4. The molecule has 8 aromatic carbocycles. The van der Waals surface area contributed by atoms with E-state index in [4.69, 9.17) is 14.4 Å². The average Bonchev–Trinajstić information content (AvgIpc) is 3.93. The summed E-state index contributed by atoms with van der Waals surface area (Å²) in [5.41, 5.74) is 10.1. The Morgan fingerprint density at radius 1 is 0.491 bits per heavy atom.